The summed E-state index contributed by atoms with van der Waals surface area (Å²) >= 11 is 0. The summed E-state index contributed by atoms with van der Waals surface area (Å²) in [5.41, 5.74) is 5.31. The minimum Gasteiger partial charge on any atom is -0.381 e. The summed E-state index contributed by atoms with van der Waals surface area (Å²) in [7, 11) is 3.49. The number of nitrogens with zero attached hydrogens (tertiary/aromatic N) is 9. The lowest BCUT2D eigenvalue weighted by Crippen LogP contribution is -2.47. The molecule has 3 aliphatic rings. The second kappa shape index (κ2) is 12.9. The van der Waals surface area contributed by atoms with Crippen LogP contribution in [-0.4, -0.2) is 104 Å². The number of ether oxygens (including phenoxy) is 2. The molecule has 4 bridgehead atoms. The molecule has 9 rings (SSSR count). The fourth-order valence-electron chi connectivity index (χ4n) is 8.06. The van der Waals surface area contributed by atoms with Gasteiger partial charge in [0.25, 0.3) is 0 Å². The van der Waals surface area contributed by atoms with Crippen molar-refractivity contribution in [1.82, 2.24) is 39.2 Å². The quantitative estimate of drug-likeness (QED) is 0.276. The van der Waals surface area contributed by atoms with Gasteiger partial charge in [-0.05, 0) is 55.7 Å². The number of imidazole rings is 1. The zero-order valence-electron chi connectivity index (χ0n) is 29.2. The van der Waals surface area contributed by atoms with Crippen molar-refractivity contribution in [2.45, 2.75) is 50.4 Å². The second-order valence-corrected chi connectivity index (χ2v) is 13.9. The molecule has 7 heterocycles. The number of halogens is 1. The minimum atomic E-state index is -0.557. The van der Waals surface area contributed by atoms with Crippen molar-refractivity contribution < 1.29 is 18.7 Å². The lowest BCUT2D eigenvalue weighted by molar-refractivity contribution is -0.132. The van der Waals surface area contributed by atoms with Crippen molar-refractivity contribution >= 4 is 39.6 Å². The van der Waals surface area contributed by atoms with Gasteiger partial charge in [0.05, 0.1) is 47.6 Å². The number of hydrogen-bond donors (Lipinski definition) is 1. The summed E-state index contributed by atoms with van der Waals surface area (Å²) in [6, 6.07) is 16.6. The van der Waals surface area contributed by atoms with Crippen LogP contribution >= 0.6 is 0 Å². The van der Waals surface area contributed by atoms with Crippen LogP contribution in [0.15, 0.2) is 67.1 Å². The summed E-state index contributed by atoms with van der Waals surface area (Å²) in [6.07, 6.45) is 4.17. The number of carbonyl (C=O) groups is 1. The molecule has 52 heavy (non-hydrogen) atoms. The fraction of sp³-hybridized carbons (Fsp3) is 0.368. The first-order chi connectivity index (χ1) is 25.4. The maximum Gasteiger partial charge on any atom is 0.245 e. The van der Waals surface area contributed by atoms with Crippen LogP contribution in [0.5, 0.6) is 0 Å². The van der Waals surface area contributed by atoms with Crippen molar-refractivity contribution in [3.05, 3.63) is 84.3 Å². The Kier molecular flexibility index (Phi) is 8.07. The number of fused-ring (bicyclic) bond motifs is 6. The number of benzene rings is 2. The first kappa shape index (κ1) is 32.4. The van der Waals surface area contributed by atoms with Gasteiger partial charge in [-0.1, -0.05) is 24.3 Å². The smallest absolute Gasteiger partial charge is 0.245 e. The van der Waals surface area contributed by atoms with Crippen LogP contribution in [0.1, 0.15) is 30.1 Å². The molecule has 4 aromatic heterocycles. The number of anilines is 2. The molecule has 14 heteroatoms. The lowest BCUT2D eigenvalue weighted by atomic mass is 9.98. The third-order valence-corrected chi connectivity index (χ3v) is 10.7. The van der Waals surface area contributed by atoms with Gasteiger partial charge in [0.1, 0.15) is 41.3 Å². The molecule has 2 fully saturated rings. The Hall–Kier alpha value is -5.47. The molecule has 2 saturated heterocycles. The van der Waals surface area contributed by atoms with E-state index in [0.29, 0.717) is 67.6 Å². The molecule has 2 aromatic carbocycles. The summed E-state index contributed by atoms with van der Waals surface area (Å²) in [6.45, 7) is 4.60. The van der Waals surface area contributed by atoms with Gasteiger partial charge in [-0.25, -0.2) is 29.0 Å². The van der Waals surface area contributed by atoms with E-state index in [1.807, 2.05) is 55.3 Å². The predicted molar refractivity (Wildman–Crippen MR) is 194 cm³/mol. The summed E-state index contributed by atoms with van der Waals surface area (Å²) in [5, 5.41) is 8.82. The molecule has 13 nitrogen and oxygen atoms in total. The number of carbonyl (C=O) groups excluding carboxylic acids is 1. The van der Waals surface area contributed by atoms with E-state index in [1.54, 1.807) is 30.3 Å². The van der Waals surface area contributed by atoms with Crippen molar-refractivity contribution in [3.8, 4) is 16.9 Å². The second-order valence-electron chi connectivity index (χ2n) is 13.9. The standard InChI is InChI=1S/C38H39FN10O3/c1-22-43-31-8-4-6-27-30-7-5-9-34(45-30)44-25-15-33(38(50)46(2)18-26(51-3)19-47(22)35(27)31)48(17-25)36-28-16-42-49(37(28)41-21-40-36)32-11-10-23(14-29(32)39)24-12-13-52-20-24/h4-11,14,16,21,24-26,33H,12-13,15,17-20H2,1-3H3,(H,44,45)/t24?,25-,26?,33-/m0/s1. The normalized spacial score (nSPS) is 22.2. The van der Waals surface area contributed by atoms with E-state index >= 15 is 4.39 Å². The molecule has 266 valence electrons. The van der Waals surface area contributed by atoms with E-state index in [9.17, 15) is 4.79 Å². The first-order valence-corrected chi connectivity index (χ1v) is 17.7. The van der Waals surface area contributed by atoms with E-state index in [0.717, 1.165) is 40.1 Å². The molecule has 1 N–H and O–H groups in total. The Morgan fingerprint density at radius 3 is 2.75 bits per heavy atom. The molecule has 3 aliphatic heterocycles. The third kappa shape index (κ3) is 5.53. The summed E-state index contributed by atoms with van der Waals surface area (Å²) in [4.78, 5) is 37.4. The van der Waals surface area contributed by atoms with Gasteiger partial charge in [0, 0.05) is 51.4 Å². The van der Waals surface area contributed by atoms with Gasteiger partial charge in [-0.3, -0.25) is 4.79 Å². The maximum atomic E-state index is 15.6. The van der Waals surface area contributed by atoms with Crippen molar-refractivity contribution in [1.29, 1.82) is 0 Å². The number of nitrogens with one attached hydrogen (secondary N) is 1. The van der Waals surface area contributed by atoms with E-state index < -0.39 is 6.04 Å². The monoisotopic (exact) mass is 702 g/mol. The molecule has 6 aromatic rings. The number of pyridine rings is 1. The van der Waals surface area contributed by atoms with Gasteiger partial charge in [0.15, 0.2) is 5.65 Å². The van der Waals surface area contributed by atoms with Crippen LogP contribution in [0.4, 0.5) is 16.0 Å². The van der Waals surface area contributed by atoms with Gasteiger partial charge < -0.3 is 29.2 Å². The first-order valence-electron chi connectivity index (χ1n) is 17.7. The van der Waals surface area contributed by atoms with Crippen molar-refractivity contribution in [3.63, 3.8) is 0 Å². The Morgan fingerprint density at radius 1 is 1.04 bits per heavy atom. The largest absolute Gasteiger partial charge is 0.381 e. The van der Waals surface area contributed by atoms with Gasteiger partial charge >= 0.3 is 0 Å². The lowest BCUT2D eigenvalue weighted by Gasteiger charge is -2.30. The molecule has 0 spiro atoms. The van der Waals surface area contributed by atoms with Gasteiger partial charge in [-0.2, -0.15) is 5.10 Å². The highest BCUT2D eigenvalue weighted by molar-refractivity contribution is 5.93. The van der Waals surface area contributed by atoms with E-state index in [2.05, 4.69) is 26.0 Å². The number of amides is 1. The average Bonchev–Trinajstić information content (AvgIpc) is 3.97. The number of likely N-dealkylation sites (N-methyl/N-ethyl adjacent to an activating group) is 1. The molecule has 2 unspecified atom stereocenters. The Labute approximate surface area is 299 Å². The van der Waals surface area contributed by atoms with Crippen LogP contribution in [0, 0.1) is 12.7 Å². The highest BCUT2D eigenvalue weighted by Crippen LogP contribution is 2.35. The zero-order valence-corrected chi connectivity index (χ0v) is 29.2. The van der Waals surface area contributed by atoms with E-state index in [-0.39, 0.29) is 29.8 Å². The summed E-state index contributed by atoms with van der Waals surface area (Å²) < 4.78 is 30.8. The number of methoxy groups -OCH3 is 1. The molecule has 0 saturated carbocycles. The number of aryl methyl sites for hydroxylation is 1. The topological polar surface area (TPSA) is 128 Å². The van der Waals surface area contributed by atoms with Crippen molar-refractivity contribution in [2.24, 2.45) is 0 Å². The molecule has 1 amide bonds. The Morgan fingerprint density at radius 2 is 1.92 bits per heavy atom. The predicted octanol–water partition coefficient (Wildman–Crippen LogP) is 4.73. The third-order valence-electron chi connectivity index (χ3n) is 10.7. The van der Waals surface area contributed by atoms with Crippen LogP contribution < -0.4 is 10.2 Å². The maximum absolute atomic E-state index is 15.6. The van der Waals surface area contributed by atoms with Crippen LogP contribution in [0.25, 0.3) is 39.0 Å². The van der Waals surface area contributed by atoms with Crippen LogP contribution in [0.3, 0.4) is 0 Å². The number of para-hydroxylation sites is 1. The zero-order chi connectivity index (χ0) is 35.5. The Balaban J connectivity index is 1.10. The molecular formula is C38H39FN10O3. The SMILES string of the molecule is COC1CN(C)C(=O)[C@@H]2C[C@@H](CN2c2ncnc3c2cnn3-c2ccc(C3CCOC3)cc2F)Nc2cccc(n2)-c2cccc3nc(C)n(c23)C1. The molecule has 4 atom stereocenters. The molecule has 0 aliphatic carbocycles. The van der Waals surface area contributed by atoms with E-state index in [4.69, 9.17) is 24.4 Å². The van der Waals surface area contributed by atoms with Gasteiger partial charge in [-0.15, -0.1) is 0 Å². The molecular weight excluding hydrogens is 663 g/mol. The van der Waals surface area contributed by atoms with E-state index in [1.165, 1.54) is 11.0 Å². The minimum absolute atomic E-state index is 0.0625. The number of aromatic nitrogens is 7. The van der Waals surface area contributed by atoms with Crippen molar-refractivity contribution in [2.75, 3.05) is 50.7 Å². The molecule has 0 radical (unpaired) electrons. The van der Waals surface area contributed by atoms with Crippen LogP contribution in [-0.2, 0) is 20.8 Å². The number of hydrogen-bond acceptors (Lipinski definition) is 10. The van der Waals surface area contributed by atoms with Crippen LogP contribution in [0.2, 0.25) is 0 Å². The summed E-state index contributed by atoms with van der Waals surface area (Å²) in [5.74, 6) is 1.85. The highest BCUT2D eigenvalue weighted by Gasteiger charge is 2.41. The number of rotatable bonds is 4. The average molecular weight is 703 g/mol. The fourth-order valence-corrected chi connectivity index (χ4v) is 8.06. The highest BCUT2D eigenvalue weighted by atomic mass is 19.1. The van der Waals surface area contributed by atoms with Gasteiger partial charge in [0.2, 0.25) is 5.91 Å². The Bertz CT molecular complexity index is 2320.